The van der Waals surface area contributed by atoms with E-state index in [9.17, 15) is 0 Å². The van der Waals surface area contributed by atoms with Gasteiger partial charge < -0.3 is 9.64 Å². The summed E-state index contributed by atoms with van der Waals surface area (Å²) in [6, 6.07) is 12.7. The summed E-state index contributed by atoms with van der Waals surface area (Å²) in [5, 5.41) is 0. The van der Waals surface area contributed by atoms with E-state index >= 15 is 0 Å². The topological polar surface area (TPSA) is 25.4 Å². The first-order chi connectivity index (χ1) is 10.8. The van der Waals surface area contributed by atoms with Crippen molar-refractivity contribution >= 4 is 11.5 Å². The molecule has 0 saturated heterocycles. The van der Waals surface area contributed by atoms with Crippen molar-refractivity contribution in [3.63, 3.8) is 0 Å². The summed E-state index contributed by atoms with van der Waals surface area (Å²) in [5.74, 6) is 2.02. The Balaban J connectivity index is 1.79. The highest BCUT2D eigenvalue weighted by Crippen LogP contribution is 2.48. The number of benzene rings is 1. The minimum Gasteiger partial charge on any atom is -0.497 e. The van der Waals surface area contributed by atoms with Gasteiger partial charge >= 0.3 is 0 Å². The zero-order valence-electron chi connectivity index (χ0n) is 13.1. The van der Waals surface area contributed by atoms with Gasteiger partial charge in [-0.15, -0.1) is 0 Å². The van der Waals surface area contributed by atoms with Gasteiger partial charge in [0.05, 0.1) is 7.11 Å². The second-order valence-corrected chi connectivity index (χ2v) is 6.66. The second kappa shape index (κ2) is 5.31. The van der Waals surface area contributed by atoms with Crippen LogP contribution in [0.15, 0.2) is 42.6 Å². The lowest BCUT2D eigenvalue weighted by molar-refractivity contribution is 0.293. The first-order valence-electron chi connectivity index (χ1n) is 8.15. The van der Waals surface area contributed by atoms with E-state index < -0.39 is 0 Å². The molecule has 2 aliphatic rings. The maximum atomic E-state index is 5.40. The Morgan fingerprint density at radius 2 is 2.00 bits per heavy atom. The summed E-state index contributed by atoms with van der Waals surface area (Å²) < 4.78 is 5.40. The van der Waals surface area contributed by atoms with Crippen LogP contribution < -0.4 is 9.64 Å². The van der Waals surface area contributed by atoms with Gasteiger partial charge in [-0.1, -0.05) is 25.0 Å². The standard InChI is InChI=1S/C19H22N2O/c1-22-17-8-4-7-16(12-17)21-14-19(9-2-3-10-19)13-15-6-5-11-20-18(15)21/h4-8,11-12H,2-3,9-10,13-14H2,1H3. The first-order valence-corrected chi connectivity index (χ1v) is 8.15. The molecular formula is C19H22N2O. The van der Waals surface area contributed by atoms with Gasteiger partial charge in [0.1, 0.15) is 11.6 Å². The fraction of sp³-hybridized carbons (Fsp3) is 0.421. The van der Waals surface area contributed by atoms with Crippen LogP contribution >= 0.6 is 0 Å². The number of anilines is 2. The van der Waals surface area contributed by atoms with Gasteiger partial charge in [0.2, 0.25) is 0 Å². The predicted molar refractivity (Wildman–Crippen MR) is 88.8 cm³/mol. The molecule has 2 heterocycles. The largest absolute Gasteiger partial charge is 0.497 e. The normalized spacial score (nSPS) is 19.2. The average molecular weight is 294 g/mol. The summed E-state index contributed by atoms with van der Waals surface area (Å²) in [4.78, 5) is 7.07. The lowest BCUT2D eigenvalue weighted by Crippen LogP contribution is -2.40. The molecule has 1 saturated carbocycles. The number of hydrogen-bond acceptors (Lipinski definition) is 3. The predicted octanol–water partition coefficient (Wildman–Crippen LogP) is 4.34. The Labute approximate surface area is 131 Å². The lowest BCUT2D eigenvalue weighted by Gasteiger charge is -2.42. The highest BCUT2D eigenvalue weighted by Gasteiger charge is 2.40. The van der Waals surface area contributed by atoms with Crippen LogP contribution in [0.3, 0.4) is 0 Å². The Morgan fingerprint density at radius 1 is 1.14 bits per heavy atom. The lowest BCUT2D eigenvalue weighted by atomic mass is 9.77. The quantitative estimate of drug-likeness (QED) is 0.823. The summed E-state index contributed by atoms with van der Waals surface area (Å²) in [6.45, 7) is 1.07. The molecule has 0 unspecified atom stereocenters. The van der Waals surface area contributed by atoms with Crippen molar-refractivity contribution in [2.75, 3.05) is 18.6 Å². The van der Waals surface area contributed by atoms with E-state index in [0.717, 1.165) is 18.1 Å². The SMILES string of the molecule is COc1cccc(N2CC3(CCCC3)Cc3cccnc32)c1. The van der Waals surface area contributed by atoms with E-state index in [2.05, 4.69) is 40.2 Å². The zero-order chi connectivity index (χ0) is 15.0. The van der Waals surface area contributed by atoms with Crippen molar-refractivity contribution in [2.45, 2.75) is 32.1 Å². The average Bonchev–Trinajstić information content (AvgIpc) is 3.02. The van der Waals surface area contributed by atoms with Gasteiger partial charge in [0, 0.05) is 24.5 Å². The van der Waals surface area contributed by atoms with Gasteiger partial charge in [-0.3, -0.25) is 0 Å². The fourth-order valence-corrected chi connectivity index (χ4v) is 4.13. The zero-order valence-corrected chi connectivity index (χ0v) is 13.1. The fourth-order valence-electron chi connectivity index (χ4n) is 4.13. The first kappa shape index (κ1) is 13.6. The third-order valence-corrected chi connectivity index (χ3v) is 5.21. The van der Waals surface area contributed by atoms with Crippen molar-refractivity contribution in [3.8, 4) is 5.75 Å². The van der Waals surface area contributed by atoms with E-state index in [1.165, 1.54) is 43.4 Å². The molecule has 4 rings (SSSR count). The Bertz CT molecular complexity index is 677. The second-order valence-electron chi connectivity index (χ2n) is 6.66. The van der Waals surface area contributed by atoms with Crippen LogP contribution in [0.1, 0.15) is 31.2 Å². The minimum absolute atomic E-state index is 0.430. The van der Waals surface area contributed by atoms with Gasteiger partial charge in [0.15, 0.2) is 0 Å². The number of fused-ring (bicyclic) bond motifs is 1. The van der Waals surface area contributed by atoms with Crippen molar-refractivity contribution in [1.82, 2.24) is 4.98 Å². The van der Waals surface area contributed by atoms with Crippen LogP contribution in [-0.4, -0.2) is 18.6 Å². The number of rotatable bonds is 2. The molecule has 1 aromatic carbocycles. The van der Waals surface area contributed by atoms with Crippen molar-refractivity contribution in [3.05, 3.63) is 48.2 Å². The van der Waals surface area contributed by atoms with Crippen LogP contribution in [0.5, 0.6) is 5.75 Å². The summed E-state index contributed by atoms with van der Waals surface area (Å²) in [5.41, 5.74) is 3.00. The van der Waals surface area contributed by atoms with E-state index in [1.807, 2.05) is 12.3 Å². The molecule has 0 atom stereocenters. The molecule has 3 heteroatoms. The van der Waals surface area contributed by atoms with Crippen LogP contribution in [0.25, 0.3) is 0 Å². The van der Waals surface area contributed by atoms with Gasteiger partial charge in [-0.2, -0.15) is 0 Å². The van der Waals surface area contributed by atoms with Gasteiger partial charge in [0.25, 0.3) is 0 Å². The molecule has 0 bridgehead atoms. The number of ether oxygens (including phenoxy) is 1. The monoisotopic (exact) mass is 294 g/mol. The molecule has 22 heavy (non-hydrogen) atoms. The minimum atomic E-state index is 0.430. The molecule has 3 nitrogen and oxygen atoms in total. The number of pyridine rings is 1. The van der Waals surface area contributed by atoms with E-state index in [0.29, 0.717) is 5.41 Å². The molecule has 1 aromatic heterocycles. The van der Waals surface area contributed by atoms with Crippen molar-refractivity contribution in [2.24, 2.45) is 5.41 Å². The number of aromatic nitrogens is 1. The molecular weight excluding hydrogens is 272 g/mol. The van der Waals surface area contributed by atoms with Crippen molar-refractivity contribution in [1.29, 1.82) is 0 Å². The molecule has 2 aromatic rings. The summed E-state index contributed by atoms with van der Waals surface area (Å²) in [6.07, 6.45) is 8.47. The Hall–Kier alpha value is -2.03. The number of methoxy groups -OCH3 is 1. The summed E-state index contributed by atoms with van der Waals surface area (Å²) in [7, 11) is 1.72. The number of hydrogen-bond donors (Lipinski definition) is 0. The highest BCUT2D eigenvalue weighted by molar-refractivity contribution is 5.66. The Kier molecular flexibility index (Phi) is 3.29. The van der Waals surface area contributed by atoms with Crippen molar-refractivity contribution < 1.29 is 4.74 Å². The molecule has 1 spiro atoms. The maximum Gasteiger partial charge on any atom is 0.136 e. The van der Waals surface area contributed by atoms with E-state index in [1.54, 1.807) is 7.11 Å². The van der Waals surface area contributed by atoms with Crippen LogP contribution in [0, 0.1) is 5.41 Å². The molecule has 0 N–H and O–H groups in total. The highest BCUT2D eigenvalue weighted by atomic mass is 16.5. The smallest absolute Gasteiger partial charge is 0.136 e. The molecule has 114 valence electrons. The summed E-state index contributed by atoms with van der Waals surface area (Å²) >= 11 is 0. The van der Waals surface area contributed by atoms with Crippen LogP contribution in [0.4, 0.5) is 11.5 Å². The maximum absolute atomic E-state index is 5.40. The molecule has 0 radical (unpaired) electrons. The third-order valence-electron chi connectivity index (χ3n) is 5.21. The molecule has 1 aliphatic heterocycles. The van der Waals surface area contributed by atoms with Gasteiger partial charge in [-0.05, 0) is 48.4 Å². The van der Waals surface area contributed by atoms with E-state index in [-0.39, 0.29) is 0 Å². The molecule has 1 fully saturated rings. The third kappa shape index (κ3) is 2.25. The molecule has 1 aliphatic carbocycles. The van der Waals surface area contributed by atoms with E-state index in [4.69, 9.17) is 4.74 Å². The number of nitrogens with zero attached hydrogens (tertiary/aromatic N) is 2. The van der Waals surface area contributed by atoms with Crippen LogP contribution in [0.2, 0.25) is 0 Å². The molecule has 0 amide bonds. The Morgan fingerprint density at radius 3 is 2.82 bits per heavy atom. The van der Waals surface area contributed by atoms with Gasteiger partial charge in [-0.25, -0.2) is 4.98 Å². The van der Waals surface area contributed by atoms with Crippen LogP contribution in [-0.2, 0) is 6.42 Å².